The van der Waals surface area contributed by atoms with E-state index in [1.54, 1.807) is 23.4 Å². The normalized spacial score (nSPS) is 18.1. The number of hydrogen-bond acceptors (Lipinski definition) is 3. The topological polar surface area (TPSA) is 50.6 Å². The SMILES string of the molecule is CN1CCCN(C)P1(=O)/C(Cl)=C/c1cc(-c2nn(C)c(OC(F)F)c2Cl)c(F)cc1Cl. The van der Waals surface area contributed by atoms with Crippen LogP contribution in [-0.2, 0) is 11.6 Å². The molecule has 1 saturated heterocycles. The third-order valence-electron chi connectivity index (χ3n) is 4.92. The van der Waals surface area contributed by atoms with Crippen LogP contribution < -0.4 is 4.74 Å². The third-order valence-corrected chi connectivity index (χ3v) is 9.30. The van der Waals surface area contributed by atoms with Crippen molar-refractivity contribution in [1.29, 1.82) is 0 Å². The van der Waals surface area contributed by atoms with Crippen molar-refractivity contribution >= 4 is 48.3 Å². The average molecular weight is 518 g/mol. The molecule has 0 N–H and O–H groups in total. The summed E-state index contributed by atoms with van der Waals surface area (Å²) in [5.41, 5.74) is 0.0514. The maximum absolute atomic E-state index is 14.7. The summed E-state index contributed by atoms with van der Waals surface area (Å²) >= 11 is 18.8. The number of halogens is 6. The first kappa shape index (κ1) is 24.4. The molecule has 1 aromatic heterocycles. The Kier molecular flexibility index (Phi) is 7.35. The van der Waals surface area contributed by atoms with Crippen molar-refractivity contribution in [2.24, 2.45) is 7.05 Å². The van der Waals surface area contributed by atoms with Gasteiger partial charge in [0.2, 0.25) is 5.88 Å². The largest absolute Gasteiger partial charge is 0.416 e. The first-order valence-electron chi connectivity index (χ1n) is 9.04. The highest BCUT2D eigenvalue weighted by atomic mass is 35.5. The predicted molar refractivity (Wildman–Crippen MR) is 117 cm³/mol. The van der Waals surface area contributed by atoms with E-state index in [9.17, 15) is 17.7 Å². The summed E-state index contributed by atoms with van der Waals surface area (Å²) in [6.45, 7) is -1.93. The average Bonchev–Trinajstić information content (AvgIpc) is 2.95. The molecule has 0 bridgehead atoms. The molecule has 1 aliphatic rings. The van der Waals surface area contributed by atoms with Gasteiger partial charge in [0.25, 0.3) is 7.44 Å². The molecule has 2 heterocycles. The van der Waals surface area contributed by atoms with Crippen LogP contribution in [0.4, 0.5) is 13.2 Å². The Balaban J connectivity index is 2.09. The van der Waals surface area contributed by atoms with Gasteiger partial charge in [0.15, 0.2) is 0 Å². The van der Waals surface area contributed by atoms with Gasteiger partial charge in [0, 0.05) is 25.7 Å². The highest BCUT2D eigenvalue weighted by Crippen LogP contribution is 2.62. The number of aromatic nitrogens is 2. The molecule has 0 radical (unpaired) electrons. The van der Waals surface area contributed by atoms with Crippen molar-refractivity contribution in [2.75, 3.05) is 27.2 Å². The molecule has 3 rings (SSSR count). The maximum atomic E-state index is 14.7. The smallest absolute Gasteiger partial charge is 0.388 e. The summed E-state index contributed by atoms with van der Waals surface area (Å²) < 4.78 is 62.2. The molecule has 0 unspecified atom stereocenters. The van der Waals surface area contributed by atoms with Crippen molar-refractivity contribution in [2.45, 2.75) is 13.0 Å². The van der Waals surface area contributed by atoms with E-state index in [-0.39, 0.29) is 31.6 Å². The van der Waals surface area contributed by atoms with Crippen LogP contribution in [-0.4, -0.2) is 52.9 Å². The summed E-state index contributed by atoms with van der Waals surface area (Å²) in [6, 6.07) is 2.34. The van der Waals surface area contributed by atoms with Crippen LogP contribution in [0.1, 0.15) is 12.0 Å². The second kappa shape index (κ2) is 9.33. The number of ether oxygens (including phenoxy) is 1. The van der Waals surface area contributed by atoms with Crippen LogP contribution in [0.3, 0.4) is 0 Å². The fourth-order valence-corrected chi connectivity index (χ4v) is 7.03. The first-order chi connectivity index (χ1) is 14.5. The molecule has 0 atom stereocenters. The van der Waals surface area contributed by atoms with E-state index in [0.717, 1.165) is 17.2 Å². The van der Waals surface area contributed by atoms with Gasteiger partial charge in [-0.25, -0.2) is 18.4 Å². The summed E-state index contributed by atoms with van der Waals surface area (Å²) in [5, 5.41) is 3.72. The Morgan fingerprint density at radius 3 is 2.42 bits per heavy atom. The van der Waals surface area contributed by atoms with Crippen LogP contribution in [0.25, 0.3) is 17.3 Å². The van der Waals surface area contributed by atoms with Gasteiger partial charge in [-0.1, -0.05) is 34.8 Å². The van der Waals surface area contributed by atoms with Crippen LogP contribution in [0.2, 0.25) is 10.0 Å². The molecule has 0 saturated carbocycles. The second-order valence-electron chi connectivity index (χ2n) is 6.95. The highest BCUT2D eigenvalue weighted by molar-refractivity contribution is 7.66. The van der Waals surface area contributed by atoms with Crippen molar-refractivity contribution in [3.05, 3.63) is 38.3 Å². The number of alkyl halides is 2. The van der Waals surface area contributed by atoms with Gasteiger partial charge in [-0.3, -0.25) is 4.57 Å². The molecule has 1 fully saturated rings. The number of rotatable bonds is 5. The lowest BCUT2D eigenvalue weighted by Crippen LogP contribution is -2.34. The van der Waals surface area contributed by atoms with Crippen molar-refractivity contribution in [3.8, 4) is 17.1 Å². The van der Waals surface area contributed by atoms with Crippen LogP contribution in [0.15, 0.2) is 16.9 Å². The third kappa shape index (κ3) is 4.63. The van der Waals surface area contributed by atoms with Gasteiger partial charge in [-0.05, 0) is 44.3 Å². The van der Waals surface area contributed by atoms with Crippen LogP contribution in [0, 0.1) is 5.82 Å². The van der Waals surface area contributed by atoms with Gasteiger partial charge in [0.05, 0.1) is 5.02 Å². The summed E-state index contributed by atoms with van der Waals surface area (Å²) in [4.78, 5) is 0. The number of aryl methyl sites for hydroxylation is 1. The molecule has 0 amide bonds. The zero-order valence-corrected chi connectivity index (χ0v) is 19.9. The highest BCUT2D eigenvalue weighted by Gasteiger charge is 2.38. The Hall–Kier alpha value is -1.22. The lowest BCUT2D eigenvalue weighted by Gasteiger charge is -2.39. The van der Waals surface area contributed by atoms with Gasteiger partial charge < -0.3 is 4.74 Å². The van der Waals surface area contributed by atoms with E-state index in [0.29, 0.717) is 13.1 Å². The quantitative estimate of drug-likeness (QED) is 0.447. The molecular weight excluding hydrogens is 499 g/mol. The first-order valence-corrected chi connectivity index (χ1v) is 11.8. The summed E-state index contributed by atoms with van der Waals surface area (Å²) in [6.07, 6.45) is 2.24. The molecule has 6 nitrogen and oxygen atoms in total. The molecule has 13 heteroatoms. The van der Waals surface area contributed by atoms with Crippen LogP contribution in [0.5, 0.6) is 5.88 Å². The number of nitrogens with zero attached hydrogens (tertiary/aromatic N) is 4. The Bertz CT molecular complexity index is 1070. The zero-order valence-electron chi connectivity index (χ0n) is 16.8. The van der Waals surface area contributed by atoms with Crippen molar-refractivity contribution < 1.29 is 22.5 Å². The Morgan fingerprint density at radius 1 is 1.23 bits per heavy atom. The van der Waals surface area contributed by atoms with E-state index in [2.05, 4.69) is 9.84 Å². The van der Waals surface area contributed by atoms with E-state index < -0.39 is 25.8 Å². The minimum Gasteiger partial charge on any atom is -0.416 e. The second-order valence-corrected chi connectivity index (χ2v) is 11.3. The standard InChI is InChI=1S/C18H19Cl3F3N4O2P/c1-26-5-4-6-27(2)31(26,29)14(20)8-10-7-11(13(22)9-12(10)19)16-15(21)17(28(3)25-16)30-18(23)24/h7-9,18H,4-6H2,1-3H3/b14-8+. The molecule has 0 spiro atoms. The van der Waals surface area contributed by atoms with Crippen molar-refractivity contribution in [1.82, 2.24) is 19.1 Å². The summed E-state index contributed by atoms with van der Waals surface area (Å²) in [7, 11) is 1.55. The molecule has 170 valence electrons. The Labute approximate surface area is 192 Å². The summed E-state index contributed by atoms with van der Waals surface area (Å²) in [5.74, 6) is -1.19. The van der Waals surface area contributed by atoms with Gasteiger partial charge >= 0.3 is 6.61 Å². The lowest BCUT2D eigenvalue weighted by molar-refractivity contribution is -0.0552. The lowest BCUT2D eigenvalue weighted by atomic mass is 10.1. The fraction of sp³-hybridized carbons (Fsp3) is 0.389. The molecule has 1 aromatic carbocycles. The minimum absolute atomic E-state index is 0.0180. The fourth-order valence-electron chi connectivity index (χ4n) is 3.32. The van der Waals surface area contributed by atoms with Gasteiger partial charge in [-0.15, -0.1) is 0 Å². The van der Waals surface area contributed by atoms with Crippen molar-refractivity contribution in [3.63, 3.8) is 0 Å². The van der Waals surface area contributed by atoms with E-state index >= 15 is 0 Å². The molecule has 31 heavy (non-hydrogen) atoms. The van der Waals surface area contributed by atoms with Gasteiger partial charge in [0.1, 0.15) is 21.3 Å². The van der Waals surface area contributed by atoms with Crippen LogP contribution >= 0.6 is 42.2 Å². The van der Waals surface area contributed by atoms with Gasteiger partial charge in [-0.2, -0.15) is 13.9 Å². The maximum Gasteiger partial charge on any atom is 0.388 e. The Morgan fingerprint density at radius 2 is 1.84 bits per heavy atom. The van der Waals surface area contributed by atoms with E-state index in [1.165, 1.54) is 19.2 Å². The molecule has 0 aliphatic carbocycles. The van der Waals surface area contributed by atoms with E-state index in [1.807, 2.05) is 0 Å². The monoisotopic (exact) mass is 516 g/mol. The number of benzene rings is 1. The van der Waals surface area contributed by atoms with E-state index in [4.69, 9.17) is 34.8 Å². The minimum atomic E-state index is -3.21. The predicted octanol–water partition coefficient (Wildman–Crippen LogP) is 6.13. The molecule has 2 aromatic rings. The zero-order chi connectivity index (χ0) is 23.1. The molecule has 1 aliphatic heterocycles. The molecular formula is C18H19Cl3F3N4O2P. The number of hydrogen-bond donors (Lipinski definition) is 0.